The number of benzene rings is 1. The zero-order chi connectivity index (χ0) is 18.6. The van der Waals surface area contributed by atoms with Crippen LogP contribution in [0.5, 0.6) is 0 Å². The summed E-state index contributed by atoms with van der Waals surface area (Å²) in [6.45, 7) is 1.03. The van der Waals surface area contributed by atoms with Gasteiger partial charge in [-0.25, -0.2) is 21.8 Å². The maximum absolute atomic E-state index is 12.6. The summed E-state index contributed by atoms with van der Waals surface area (Å²) in [4.78, 5) is 6.41. The molecule has 2 N–H and O–H groups in total. The van der Waals surface area contributed by atoms with Crippen LogP contribution in [0.4, 0.5) is 5.82 Å². The molecule has 2 heterocycles. The summed E-state index contributed by atoms with van der Waals surface area (Å²) in [5.74, 6) is 0.196. The number of hydrogen-bond acceptors (Lipinski definition) is 6. The third kappa shape index (κ3) is 4.21. The van der Waals surface area contributed by atoms with Gasteiger partial charge in [-0.05, 0) is 37.1 Å². The highest BCUT2D eigenvalue weighted by Gasteiger charge is 2.26. The fourth-order valence-corrected chi connectivity index (χ4v) is 4.97. The van der Waals surface area contributed by atoms with Crippen LogP contribution in [0.25, 0.3) is 0 Å². The molecule has 140 valence electrons. The van der Waals surface area contributed by atoms with Crippen LogP contribution in [0.3, 0.4) is 0 Å². The third-order valence-corrected chi connectivity index (χ3v) is 7.20. The van der Waals surface area contributed by atoms with E-state index < -0.39 is 20.0 Å². The van der Waals surface area contributed by atoms with E-state index >= 15 is 0 Å². The number of rotatable bonds is 6. The second-order valence-corrected chi connectivity index (χ2v) is 9.51. The molecule has 0 spiro atoms. The molecule has 1 saturated heterocycles. The van der Waals surface area contributed by atoms with Gasteiger partial charge in [-0.1, -0.05) is 24.6 Å². The Labute approximate surface area is 153 Å². The summed E-state index contributed by atoms with van der Waals surface area (Å²) in [6, 6.07) is 10.7. The first-order chi connectivity index (χ1) is 12.4. The molecule has 1 aromatic carbocycles. The normalized spacial score (nSPS) is 16.3. The molecular weight excluding hydrogens is 376 g/mol. The fraction of sp³-hybridized carbons (Fsp3) is 0.312. The van der Waals surface area contributed by atoms with Crippen LogP contribution < -0.4 is 10.3 Å². The van der Waals surface area contributed by atoms with Crippen molar-refractivity contribution in [3.63, 3.8) is 0 Å². The van der Waals surface area contributed by atoms with E-state index in [-0.39, 0.29) is 15.6 Å². The van der Waals surface area contributed by atoms with E-state index in [0.29, 0.717) is 13.1 Å². The van der Waals surface area contributed by atoms with Gasteiger partial charge in [0.15, 0.2) is 0 Å². The van der Waals surface area contributed by atoms with E-state index in [1.165, 1.54) is 34.8 Å². The number of sulfonamides is 2. The van der Waals surface area contributed by atoms with Crippen molar-refractivity contribution in [2.24, 2.45) is 0 Å². The standard InChI is InChI=1S/C16H20N4O4S2/c21-25(22,14-7-3-1-4-8-14)19-18-16-10-9-15(13-17-16)26(23,24)20-11-5-2-6-12-20/h1,3-4,7-10,13,19H,2,5-6,11-12H2,(H,17,18). The molecule has 0 atom stereocenters. The molecule has 10 heteroatoms. The monoisotopic (exact) mass is 396 g/mol. The van der Waals surface area contributed by atoms with Crippen molar-refractivity contribution < 1.29 is 16.8 Å². The number of pyridine rings is 1. The Hall–Kier alpha value is -2.01. The molecule has 2 aromatic rings. The van der Waals surface area contributed by atoms with Gasteiger partial charge in [-0.2, -0.15) is 4.31 Å². The van der Waals surface area contributed by atoms with E-state index in [2.05, 4.69) is 15.2 Å². The van der Waals surface area contributed by atoms with E-state index in [9.17, 15) is 16.8 Å². The smallest absolute Gasteiger partial charge is 0.257 e. The number of anilines is 1. The fourth-order valence-electron chi connectivity index (χ4n) is 2.64. The topological polar surface area (TPSA) is 108 Å². The maximum Gasteiger partial charge on any atom is 0.257 e. The summed E-state index contributed by atoms with van der Waals surface area (Å²) < 4.78 is 50.8. The lowest BCUT2D eigenvalue weighted by Crippen LogP contribution is -2.35. The highest BCUT2D eigenvalue weighted by Crippen LogP contribution is 2.20. The van der Waals surface area contributed by atoms with Gasteiger partial charge in [-0.15, -0.1) is 4.83 Å². The Kier molecular flexibility index (Phi) is 5.56. The minimum absolute atomic E-state index is 0.0934. The molecule has 0 aliphatic carbocycles. The molecule has 0 saturated carbocycles. The lowest BCUT2D eigenvalue weighted by molar-refractivity contribution is 0.346. The van der Waals surface area contributed by atoms with E-state index in [0.717, 1.165) is 19.3 Å². The van der Waals surface area contributed by atoms with Gasteiger partial charge in [0.05, 0.1) is 4.90 Å². The van der Waals surface area contributed by atoms with Crippen LogP contribution in [-0.4, -0.2) is 39.2 Å². The van der Waals surface area contributed by atoms with Crippen LogP contribution in [-0.2, 0) is 20.0 Å². The Morgan fingerprint density at radius 2 is 1.54 bits per heavy atom. The Morgan fingerprint density at radius 3 is 2.15 bits per heavy atom. The van der Waals surface area contributed by atoms with Crippen molar-refractivity contribution in [3.8, 4) is 0 Å². The van der Waals surface area contributed by atoms with Crippen LogP contribution >= 0.6 is 0 Å². The first kappa shape index (κ1) is 18.8. The Morgan fingerprint density at radius 1 is 0.846 bits per heavy atom. The summed E-state index contributed by atoms with van der Waals surface area (Å²) in [6.07, 6.45) is 3.97. The van der Waals surface area contributed by atoms with E-state index in [1.54, 1.807) is 18.2 Å². The highest BCUT2D eigenvalue weighted by atomic mass is 32.2. The predicted octanol–water partition coefficient (Wildman–Crippen LogP) is 1.56. The quantitative estimate of drug-likeness (QED) is 0.718. The molecule has 1 aliphatic heterocycles. The van der Waals surface area contributed by atoms with Crippen molar-refractivity contribution in [1.82, 2.24) is 14.1 Å². The highest BCUT2D eigenvalue weighted by molar-refractivity contribution is 7.89. The van der Waals surface area contributed by atoms with Gasteiger partial charge in [0.1, 0.15) is 10.7 Å². The van der Waals surface area contributed by atoms with Gasteiger partial charge >= 0.3 is 0 Å². The van der Waals surface area contributed by atoms with Crippen molar-refractivity contribution in [1.29, 1.82) is 0 Å². The molecule has 1 aromatic heterocycles. The molecule has 0 bridgehead atoms. The first-order valence-corrected chi connectivity index (χ1v) is 11.1. The lowest BCUT2D eigenvalue weighted by atomic mass is 10.2. The molecular formula is C16H20N4O4S2. The molecule has 1 aliphatic rings. The predicted molar refractivity (Wildman–Crippen MR) is 97.2 cm³/mol. The summed E-state index contributed by atoms with van der Waals surface area (Å²) in [5, 5.41) is 0. The van der Waals surface area contributed by atoms with Crippen molar-refractivity contribution in [2.45, 2.75) is 29.1 Å². The SMILES string of the molecule is O=S(=O)(NNc1ccc(S(=O)(=O)N2CCCCC2)cn1)c1ccccc1. The minimum Gasteiger partial charge on any atom is -0.292 e. The van der Waals surface area contributed by atoms with Crippen LogP contribution in [0.15, 0.2) is 58.5 Å². The second-order valence-electron chi connectivity index (χ2n) is 5.89. The van der Waals surface area contributed by atoms with Crippen LogP contribution in [0.2, 0.25) is 0 Å². The minimum atomic E-state index is -3.74. The largest absolute Gasteiger partial charge is 0.292 e. The zero-order valence-electron chi connectivity index (χ0n) is 14.0. The number of nitrogens with one attached hydrogen (secondary N) is 2. The zero-order valence-corrected chi connectivity index (χ0v) is 15.6. The summed E-state index contributed by atoms with van der Waals surface area (Å²) in [5.41, 5.74) is 2.48. The maximum atomic E-state index is 12.6. The molecule has 8 nitrogen and oxygen atoms in total. The van der Waals surface area contributed by atoms with Crippen LogP contribution in [0, 0.1) is 0 Å². The van der Waals surface area contributed by atoms with Crippen LogP contribution in [0.1, 0.15) is 19.3 Å². The molecule has 26 heavy (non-hydrogen) atoms. The van der Waals surface area contributed by atoms with Gasteiger partial charge in [0.25, 0.3) is 10.0 Å². The average molecular weight is 396 g/mol. The average Bonchev–Trinajstić information content (AvgIpc) is 2.68. The molecule has 0 unspecified atom stereocenters. The Bertz CT molecular complexity index is 940. The number of nitrogens with zero attached hydrogens (tertiary/aromatic N) is 2. The molecule has 3 rings (SSSR count). The number of aromatic nitrogens is 1. The van der Waals surface area contributed by atoms with Crippen molar-refractivity contribution >= 4 is 25.9 Å². The third-order valence-electron chi connectivity index (χ3n) is 4.06. The van der Waals surface area contributed by atoms with E-state index in [1.807, 2.05) is 0 Å². The number of piperidine rings is 1. The number of hydrazine groups is 1. The van der Waals surface area contributed by atoms with Crippen molar-refractivity contribution in [2.75, 3.05) is 18.5 Å². The summed E-state index contributed by atoms with van der Waals surface area (Å²) in [7, 11) is -7.30. The van der Waals surface area contributed by atoms with Crippen molar-refractivity contribution in [3.05, 3.63) is 48.7 Å². The first-order valence-electron chi connectivity index (χ1n) is 8.19. The summed E-state index contributed by atoms with van der Waals surface area (Å²) >= 11 is 0. The van der Waals surface area contributed by atoms with Gasteiger partial charge in [0, 0.05) is 19.3 Å². The molecule has 1 fully saturated rings. The molecule has 0 amide bonds. The number of hydrogen-bond donors (Lipinski definition) is 2. The van der Waals surface area contributed by atoms with Gasteiger partial charge < -0.3 is 0 Å². The second kappa shape index (κ2) is 7.70. The lowest BCUT2D eigenvalue weighted by Gasteiger charge is -2.25. The van der Waals surface area contributed by atoms with Gasteiger partial charge in [0.2, 0.25) is 10.0 Å². The van der Waals surface area contributed by atoms with Gasteiger partial charge in [-0.3, -0.25) is 5.43 Å². The van der Waals surface area contributed by atoms with E-state index in [4.69, 9.17) is 0 Å². The molecule has 0 radical (unpaired) electrons. The Balaban J connectivity index is 1.68.